The van der Waals surface area contributed by atoms with Gasteiger partial charge in [0.25, 0.3) is 0 Å². The number of amides is 1. The number of nitrogens with one attached hydrogen (secondary N) is 1. The molecule has 0 aromatic heterocycles. The van der Waals surface area contributed by atoms with Gasteiger partial charge in [0.05, 0.1) is 6.61 Å². The minimum atomic E-state index is -0.0280. The van der Waals surface area contributed by atoms with E-state index in [4.69, 9.17) is 9.47 Å². The van der Waals surface area contributed by atoms with E-state index in [0.29, 0.717) is 19.4 Å². The van der Waals surface area contributed by atoms with Crippen molar-refractivity contribution in [2.24, 2.45) is 0 Å². The van der Waals surface area contributed by atoms with Gasteiger partial charge in [0, 0.05) is 12.1 Å². The summed E-state index contributed by atoms with van der Waals surface area (Å²) in [5, 5.41) is 2.90. The van der Waals surface area contributed by atoms with Gasteiger partial charge in [-0.25, -0.2) is 0 Å². The summed E-state index contributed by atoms with van der Waals surface area (Å²) < 4.78 is 11.4. The molecule has 0 saturated heterocycles. The number of rotatable bonds is 8. The van der Waals surface area contributed by atoms with Gasteiger partial charge in [-0.2, -0.15) is 0 Å². The number of anilines is 1. The lowest BCUT2D eigenvalue weighted by Crippen LogP contribution is -2.12. The summed E-state index contributed by atoms with van der Waals surface area (Å²) in [5.41, 5.74) is 3.14. The van der Waals surface area contributed by atoms with Crippen molar-refractivity contribution in [2.75, 3.05) is 11.9 Å². The molecule has 0 radical (unpaired) electrons. The summed E-state index contributed by atoms with van der Waals surface area (Å²) >= 11 is 0. The van der Waals surface area contributed by atoms with Crippen molar-refractivity contribution in [3.05, 3.63) is 83.9 Å². The third-order valence-electron chi connectivity index (χ3n) is 4.23. The van der Waals surface area contributed by atoms with Crippen LogP contribution in [0.3, 0.4) is 0 Å². The monoisotopic (exact) mass is 375 g/mol. The smallest absolute Gasteiger partial charge is 0.224 e. The first-order chi connectivity index (χ1) is 13.6. The van der Waals surface area contributed by atoms with Crippen molar-refractivity contribution < 1.29 is 14.3 Å². The molecule has 0 fully saturated rings. The highest BCUT2D eigenvalue weighted by atomic mass is 16.5. The molecule has 3 rings (SSSR count). The van der Waals surface area contributed by atoms with Crippen LogP contribution in [0.15, 0.2) is 72.8 Å². The highest BCUT2D eigenvalue weighted by Crippen LogP contribution is 2.23. The SMILES string of the molecule is Cc1ccc(OCCCC(=O)Nc2ccc(Oc3ccc(C)cc3)cc2)cc1. The van der Waals surface area contributed by atoms with Gasteiger partial charge >= 0.3 is 0 Å². The Morgan fingerprint density at radius 1 is 0.750 bits per heavy atom. The van der Waals surface area contributed by atoms with E-state index in [0.717, 1.165) is 22.9 Å². The second-order valence-corrected chi connectivity index (χ2v) is 6.75. The van der Waals surface area contributed by atoms with Crippen molar-refractivity contribution >= 4 is 11.6 Å². The predicted octanol–water partition coefficient (Wildman–Crippen LogP) is 5.89. The standard InChI is InChI=1S/C24H25NO3/c1-18-5-11-21(12-6-18)27-17-3-4-24(26)25-20-9-15-23(16-10-20)28-22-13-7-19(2)8-14-22/h5-16H,3-4,17H2,1-2H3,(H,25,26). The highest BCUT2D eigenvalue weighted by molar-refractivity contribution is 5.90. The number of carbonyl (C=O) groups is 1. The first kappa shape index (κ1) is 19.5. The lowest BCUT2D eigenvalue weighted by atomic mass is 10.2. The number of benzene rings is 3. The summed E-state index contributed by atoms with van der Waals surface area (Å²) in [7, 11) is 0. The van der Waals surface area contributed by atoms with Gasteiger partial charge in [-0.05, 0) is 68.8 Å². The van der Waals surface area contributed by atoms with Gasteiger partial charge in [-0.15, -0.1) is 0 Å². The normalized spacial score (nSPS) is 10.4. The van der Waals surface area contributed by atoms with Gasteiger partial charge in [-0.1, -0.05) is 35.4 Å². The van der Waals surface area contributed by atoms with Crippen molar-refractivity contribution in [3.63, 3.8) is 0 Å². The number of ether oxygens (including phenoxy) is 2. The molecule has 0 unspecified atom stereocenters. The van der Waals surface area contributed by atoms with Crippen molar-refractivity contribution in [1.29, 1.82) is 0 Å². The largest absolute Gasteiger partial charge is 0.494 e. The molecule has 0 aliphatic heterocycles. The van der Waals surface area contributed by atoms with E-state index in [2.05, 4.69) is 5.32 Å². The van der Waals surface area contributed by atoms with Crippen LogP contribution in [0.4, 0.5) is 5.69 Å². The Hall–Kier alpha value is -3.27. The minimum absolute atomic E-state index is 0.0280. The summed E-state index contributed by atoms with van der Waals surface area (Å²) in [5.74, 6) is 2.32. The maximum Gasteiger partial charge on any atom is 0.224 e. The Balaban J connectivity index is 1.40. The summed E-state index contributed by atoms with van der Waals surface area (Å²) in [6, 6.07) is 23.1. The quantitative estimate of drug-likeness (QED) is 0.499. The van der Waals surface area contributed by atoms with E-state index in [9.17, 15) is 4.79 Å². The minimum Gasteiger partial charge on any atom is -0.494 e. The predicted molar refractivity (Wildman–Crippen MR) is 112 cm³/mol. The molecule has 1 amide bonds. The van der Waals surface area contributed by atoms with Crippen molar-refractivity contribution in [2.45, 2.75) is 26.7 Å². The molecule has 0 saturated carbocycles. The fraction of sp³-hybridized carbons (Fsp3) is 0.208. The van der Waals surface area contributed by atoms with Crippen LogP contribution in [0.2, 0.25) is 0 Å². The molecule has 4 heteroatoms. The zero-order valence-corrected chi connectivity index (χ0v) is 16.3. The van der Waals surface area contributed by atoms with Crippen molar-refractivity contribution in [3.8, 4) is 17.2 Å². The molecule has 1 N–H and O–H groups in total. The number of carbonyl (C=O) groups excluding carboxylic acids is 1. The van der Waals surface area contributed by atoms with Gasteiger partial charge in [-0.3, -0.25) is 4.79 Å². The van der Waals surface area contributed by atoms with Crippen LogP contribution < -0.4 is 14.8 Å². The fourth-order valence-electron chi connectivity index (χ4n) is 2.63. The Kier molecular flexibility index (Phi) is 6.68. The molecule has 28 heavy (non-hydrogen) atoms. The van der Waals surface area contributed by atoms with Crippen molar-refractivity contribution in [1.82, 2.24) is 0 Å². The first-order valence-electron chi connectivity index (χ1n) is 9.42. The second kappa shape index (κ2) is 9.60. The topological polar surface area (TPSA) is 47.6 Å². The Labute approximate surface area is 166 Å². The van der Waals surface area contributed by atoms with E-state index in [-0.39, 0.29) is 5.91 Å². The van der Waals surface area contributed by atoms with E-state index >= 15 is 0 Å². The molecule has 0 aliphatic carbocycles. The molecule has 0 atom stereocenters. The number of hydrogen-bond donors (Lipinski definition) is 1. The van der Waals surface area contributed by atoms with Gasteiger partial charge in [0.15, 0.2) is 0 Å². The van der Waals surface area contributed by atoms with Crippen LogP contribution in [0.25, 0.3) is 0 Å². The molecule has 4 nitrogen and oxygen atoms in total. The summed E-state index contributed by atoms with van der Waals surface area (Å²) in [6.07, 6.45) is 1.07. The van der Waals surface area contributed by atoms with Gasteiger partial charge in [0.1, 0.15) is 17.2 Å². The van der Waals surface area contributed by atoms with E-state index in [1.807, 2.05) is 86.6 Å². The van der Waals surface area contributed by atoms with E-state index < -0.39 is 0 Å². The maximum atomic E-state index is 12.1. The summed E-state index contributed by atoms with van der Waals surface area (Å²) in [6.45, 7) is 4.59. The number of hydrogen-bond acceptors (Lipinski definition) is 3. The second-order valence-electron chi connectivity index (χ2n) is 6.75. The molecule has 144 valence electrons. The van der Waals surface area contributed by atoms with E-state index in [1.165, 1.54) is 11.1 Å². The average molecular weight is 375 g/mol. The Bertz CT molecular complexity index is 885. The zero-order chi connectivity index (χ0) is 19.8. The van der Waals surface area contributed by atoms with Crippen LogP contribution >= 0.6 is 0 Å². The Morgan fingerprint density at radius 2 is 1.25 bits per heavy atom. The molecule has 3 aromatic carbocycles. The van der Waals surface area contributed by atoms with Gasteiger partial charge in [0.2, 0.25) is 5.91 Å². The molecule has 3 aromatic rings. The van der Waals surface area contributed by atoms with Crippen LogP contribution in [0.1, 0.15) is 24.0 Å². The third-order valence-corrected chi connectivity index (χ3v) is 4.23. The molecule has 0 heterocycles. The number of aryl methyl sites for hydroxylation is 2. The average Bonchev–Trinajstić information content (AvgIpc) is 2.70. The van der Waals surface area contributed by atoms with Gasteiger partial charge < -0.3 is 14.8 Å². The molecular weight excluding hydrogens is 350 g/mol. The van der Waals surface area contributed by atoms with Crippen LogP contribution in [-0.4, -0.2) is 12.5 Å². The van der Waals surface area contributed by atoms with Crippen LogP contribution in [-0.2, 0) is 4.79 Å². The molecular formula is C24H25NO3. The van der Waals surface area contributed by atoms with E-state index in [1.54, 1.807) is 0 Å². The lowest BCUT2D eigenvalue weighted by molar-refractivity contribution is -0.116. The summed E-state index contributed by atoms with van der Waals surface area (Å²) in [4.78, 5) is 12.1. The third kappa shape index (κ3) is 6.16. The lowest BCUT2D eigenvalue weighted by Gasteiger charge is -2.09. The zero-order valence-electron chi connectivity index (χ0n) is 16.3. The fourth-order valence-corrected chi connectivity index (χ4v) is 2.63. The maximum absolute atomic E-state index is 12.1. The van der Waals surface area contributed by atoms with Crippen LogP contribution in [0.5, 0.6) is 17.2 Å². The van der Waals surface area contributed by atoms with Crippen LogP contribution in [0, 0.1) is 13.8 Å². The highest BCUT2D eigenvalue weighted by Gasteiger charge is 2.04. The molecule has 0 aliphatic rings. The Morgan fingerprint density at radius 3 is 1.82 bits per heavy atom. The molecule has 0 spiro atoms. The first-order valence-corrected chi connectivity index (χ1v) is 9.42. The molecule has 0 bridgehead atoms.